The van der Waals surface area contributed by atoms with Crippen molar-refractivity contribution in [3.8, 4) is 0 Å². The van der Waals surface area contributed by atoms with Crippen LogP contribution in [0.25, 0.3) is 0 Å². The fourth-order valence-corrected chi connectivity index (χ4v) is 6.25. The Bertz CT molecular complexity index is 1270. The van der Waals surface area contributed by atoms with Crippen molar-refractivity contribution in [1.29, 1.82) is 0 Å². The Labute approximate surface area is 341 Å². The van der Waals surface area contributed by atoms with Crippen LogP contribution in [-0.4, -0.2) is 81.6 Å². The van der Waals surface area contributed by atoms with Crippen LogP contribution in [0.2, 0.25) is 0 Å². The Morgan fingerprint density at radius 1 is 0.596 bits per heavy atom. The van der Waals surface area contributed by atoms with Crippen LogP contribution in [0.3, 0.4) is 0 Å². The van der Waals surface area contributed by atoms with E-state index in [4.69, 9.17) is 23.8 Å². The zero-order chi connectivity index (χ0) is 42.6. The first-order valence-electron chi connectivity index (χ1n) is 20.4. The van der Waals surface area contributed by atoms with Gasteiger partial charge in [0.1, 0.15) is 12.7 Å². The molecule has 0 fully saturated rings. The lowest BCUT2D eigenvalue weighted by Gasteiger charge is -2.20. The highest BCUT2D eigenvalue weighted by Crippen LogP contribution is 2.43. The summed E-state index contributed by atoms with van der Waals surface area (Å²) in [5.74, 6) is -0.494. The number of unbranched alkanes of at least 4 members (excludes halogenated alkanes) is 8. The topological polar surface area (TPSA) is 216 Å². The fraction of sp³-hybridized carbons (Fsp3) is 0.707. The Morgan fingerprint density at radius 2 is 1.12 bits per heavy atom. The highest BCUT2D eigenvalue weighted by atomic mass is 31.2. The van der Waals surface area contributed by atoms with Gasteiger partial charge in [-0.2, -0.15) is 0 Å². The molecular formula is C41H72O14P2. The molecule has 0 saturated heterocycles. The molecule has 0 heterocycles. The maximum atomic E-state index is 12.6. The van der Waals surface area contributed by atoms with E-state index in [1.807, 2.05) is 12.2 Å². The van der Waals surface area contributed by atoms with E-state index < -0.39 is 72.3 Å². The summed E-state index contributed by atoms with van der Waals surface area (Å²) in [4.78, 5) is 52.6. The lowest BCUT2D eigenvalue weighted by atomic mass is 10.0. The van der Waals surface area contributed by atoms with Crippen LogP contribution in [0.15, 0.2) is 60.8 Å². The molecule has 0 rings (SSSR count). The number of rotatable bonds is 37. The van der Waals surface area contributed by atoms with E-state index >= 15 is 0 Å². The molecule has 0 aliphatic rings. The number of ether oxygens (including phenoxy) is 2. The van der Waals surface area contributed by atoms with Crippen molar-refractivity contribution < 1.29 is 66.7 Å². The van der Waals surface area contributed by atoms with Crippen molar-refractivity contribution in [1.82, 2.24) is 0 Å². The summed E-state index contributed by atoms with van der Waals surface area (Å²) in [6.45, 7) is 3.67. The lowest BCUT2D eigenvalue weighted by Crippen LogP contribution is -2.30. The number of esters is 2. The summed E-state index contributed by atoms with van der Waals surface area (Å²) in [6.07, 6.45) is 31.3. The Morgan fingerprint density at radius 3 is 1.72 bits per heavy atom. The molecule has 0 aromatic heterocycles. The van der Waals surface area contributed by atoms with Gasteiger partial charge in [0, 0.05) is 12.8 Å². The molecule has 0 aliphatic heterocycles. The summed E-state index contributed by atoms with van der Waals surface area (Å²) in [6, 6.07) is 0. The highest BCUT2D eigenvalue weighted by molar-refractivity contribution is 7.47. The molecule has 0 radical (unpaired) electrons. The third kappa shape index (κ3) is 40.3. The maximum Gasteiger partial charge on any atom is 0.472 e. The van der Waals surface area contributed by atoms with Crippen molar-refractivity contribution in [2.24, 2.45) is 5.92 Å². The molecular weight excluding hydrogens is 778 g/mol. The number of phosphoric acid groups is 2. The highest BCUT2D eigenvalue weighted by Gasteiger charge is 2.28. The van der Waals surface area contributed by atoms with Gasteiger partial charge in [0.05, 0.1) is 25.9 Å². The first kappa shape index (κ1) is 54.8. The van der Waals surface area contributed by atoms with Gasteiger partial charge in [-0.1, -0.05) is 139 Å². The van der Waals surface area contributed by atoms with E-state index in [9.17, 15) is 33.8 Å². The van der Waals surface area contributed by atoms with E-state index in [1.54, 1.807) is 12.2 Å². The Balaban J connectivity index is 4.77. The third-order valence-corrected chi connectivity index (χ3v) is 9.63. The van der Waals surface area contributed by atoms with Gasteiger partial charge in [-0.3, -0.25) is 23.2 Å². The number of carbonyl (C=O) groups excluding carboxylic acids is 2. The summed E-state index contributed by atoms with van der Waals surface area (Å²) in [7, 11) is -9.74. The first-order valence-corrected chi connectivity index (χ1v) is 23.5. The monoisotopic (exact) mass is 850 g/mol. The molecule has 14 nitrogen and oxygen atoms in total. The number of aliphatic hydroxyl groups is 2. The van der Waals surface area contributed by atoms with Gasteiger partial charge in [0.25, 0.3) is 0 Å². The third-order valence-electron chi connectivity index (χ3n) is 8.19. The number of carbonyl (C=O) groups is 2. The normalized spacial score (nSPS) is 15.4. The largest absolute Gasteiger partial charge is 0.472 e. The van der Waals surface area contributed by atoms with Crippen LogP contribution in [0.5, 0.6) is 0 Å². The van der Waals surface area contributed by atoms with Crippen LogP contribution >= 0.6 is 15.6 Å². The molecule has 0 aromatic rings. The molecule has 4 atom stereocenters. The van der Waals surface area contributed by atoms with Crippen LogP contribution in [0, 0.1) is 5.92 Å². The first-order chi connectivity index (χ1) is 27.1. The summed E-state index contributed by atoms with van der Waals surface area (Å²) >= 11 is 0. The van der Waals surface area contributed by atoms with Crippen molar-refractivity contribution >= 4 is 27.6 Å². The number of allylic oxidation sites excluding steroid dienone is 9. The quantitative estimate of drug-likeness (QED) is 0.0130. The Kier molecular flexibility index (Phi) is 34.3. The summed E-state index contributed by atoms with van der Waals surface area (Å²) in [5.41, 5.74) is 0. The van der Waals surface area contributed by atoms with E-state index in [1.165, 1.54) is 38.5 Å². The van der Waals surface area contributed by atoms with E-state index in [0.717, 1.165) is 50.9 Å². The van der Waals surface area contributed by atoms with Crippen molar-refractivity contribution in [2.45, 2.75) is 155 Å². The fourth-order valence-electron chi connectivity index (χ4n) is 5.09. The second kappa shape index (κ2) is 35.7. The Hall–Kier alpha value is -2.22. The molecule has 0 bridgehead atoms. The predicted octanol–water partition coefficient (Wildman–Crippen LogP) is 8.88. The molecule has 330 valence electrons. The second-order valence-corrected chi connectivity index (χ2v) is 16.9. The van der Waals surface area contributed by atoms with Gasteiger partial charge in [-0.25, -0.2) is 9.13 Å². The smallest absolute Gasteiger partial charge is 0.462 e. The van der Waals surface area contributed by atoms with E-state index in [0.29, 0.717) is 6.42 Å². The maximum absolute atomic E-state index is 12.6. The van der Waals surface area contributed by atoms with Gasteiger partial charge in [-0.05, 0) is 50.9 Å². The molecule has 0 amide bonds. The lowest BCUT2D eigenvalue weighted by molar-refractivity contribution is -0.161. The predicted molar refractivity (Wildman–Crippen MR) is 222 cm³/mol. The number of aliphatic hydroxyl groups excluding tert-OH is 2. The number of phosphoric ester groups is 2. The molecule has 57 heavy (non-hydrogen) atoms. The van der Waals surface area contributed by atoms with Crippen LogP contribution in [-0.2, 0) is 41.8 Å². The summed E-state index contributed by atoms with van der Waals surface area (Å²) in [5, 5.41) is 20.0. The van der Waals surface area contributed by atoms with E-state index in [-0.39, 0.29) is 25.7 Å². The zero-order valence-electron chi connectivity index (χ0n) is 34.4. The number of hydrogen-bond donors (Lipinski definition) is 5. The molecule has 16 heteroatoms. The van der Waals surface area contributed by atoms with Gasteiger partial charge in [-0.15, -0.1) is 0 Å². The average molecular weight is 851 g/mol. The molecule has 0 spiro atoms. The minimum atomic E-state index is -4.88. The molecule has 0 aliphatic carbocycles. The van der Waals surface area contributed by atoms with Crippen molar-refractivity contribution in [3.63, 3.8) is 0 Å². The van der Waals surface area contributed by atoms with Crippen LogP contribution < -0.4 is 0 Å². The second-order valence-electron chi connectivity index (χ2n) is 14.2. The van der Waals surface area contributed by atoms with Crippen molar-refractivity contribution in [2.75, 3.05) is 26.4 Å². The molecule has 0 aromatic carbocycles. The van der Waals surface area contributed by atoms with Gasteiger partial charge < -0.3 is 34.4 Å². The standard InChI is InChI=1S/C41H72O14P2/c1-4-5-6-7-8-9-10-11-12-15-18-21-24-28-37(42)29-26-31-41(45)55-39(35-54-57(49,50)53-33-38(43)32-52-56(46,47)48)34-51-40(44)30-25-22-19-16-13-14-17-20-23-27-36(2)3/h5-6,8-9,11-12,18,21,24,28,36-39,42-43H,4,7,10,13-17,19-20,22-23,25-27,29-35H2,1-3H3,(H,49,50)(H2,46,47,48)/b6-5-,9-8-,12-11-,21-18-,28-24+/t37?,38-,39+/m0/s1. The SMILES string of the molecule is CC/C=C\C/C=C\C/C=C\C/C=C\C=C\C(O)CCCC(=O)O[C@H](COC(=O)CCCCCCCCCCCC(C)C)COP(=O)(O)OC[C@@H](O)COP(=O)(O)O. The van der Waals surface area contributed by atoms with E-state index in [2.05, 4.69) is 66.3 Å². The van der Waals surface area contributed by atoms with Gasteiger partial charge in [0.2, 0.25) is 0 Å². The minimum Gasteiger partial charge on any atom is -0.462 e. The van der Waals surface area contributed by atoms with Crippen LogP contribution in [0.4, 0.5) is 0 Å². The molecule has 0 saturated carbocycles. The zero-order valence-corrected chi connectivity index (χ0v) is 36.2. The summed E-state index contributed by atoms with van der Waals surface area (Å²) < 4.78 is 47.5. The molecule has 2 unspecified atom stereocenters. The molecule has 5 N–H and O–H groups in total. The number of hydrogen-bond acceptors (Lipinski definition) is 11. The minimum absolute atomic E-state index is 0.101. The van der Waals surface area contributed by atoms with Gasteiger partial charge in [0.15, 0.2) is 6.10 Å². The van der Waals surface area contributed by atoms with Gasteiger partial charge >= 0.3 is 27.6 Å². The van der Waals surface area contributed by atoms with Crippen molar-refractivity contribution in [3.05, 3.63) is 60.8 Å². The van der Waals surface area contributed by atoms with Crippen LogP contribution in [0.1, 0.15) is 136 Å². The average Bonchev–Trinajstić information content (AvgIpc) is 3.14.